The van der Waals surface area contributed by atoms with Gasteiger partial charge in [0.2, 0.25) is 0 Å². The zero-order valence-corrected chi connectivity index (χ0v) is 14.0. The predicted octanol–water partition coefficient (Wildman–Crippen LogP) is 5.19. The summed E-state index contributed by atoms with van der Waals surface area (Å²) in [5.74, 6) is 1.96. The fourth-order valence-electron chi connectivity index (χ4n) is 5.35. The van der Waals surface area contributed by atoms with Crippen molar-refractivity contribution in [2.45, 2.75) is 72.6 Å². The zero-order chi connectivity index (χ0) is 15.0. The Hall–Kier alpha value is -0.300. The first-order valence-electron chi connectivity index (χ1n) is 8.60. The third kappa shape index (κ3) is 2.84. The van der Waals surface area contributed by atoms with Crippen LogP contribution in [0.5, 0.6) is 0 Å². The Morgan fingerprint density at radius 1 is 1.30 bits per heavy atom. The maximum atomic E-state index is 9.29. The van der Waals surface area contributed by atoms with Crippen LogP contribution in [0.1, 0.15) is 72.6 Å². The van der Waals surface area contributed by atoms with Crippen molar-refractivity contribution in [2.24, 2.45) is 28.6 Å². The van der Waals surface area contributed by atoms with Gasteiger partial charge in [0, 0.05) is 6.61 Å². The molecule has 0 amide bonds. The van der Waals surface area contributed by atoms with Crippen LogP contribution < -0.4 is 0 Å². The monoisotopic (exact) mass is 278 g/mol. The van der Waals surface area contributed by atoms with E-state index in [1.54, 1.807) is 0 Å². The van der Waals surface area contributed by atoms with Crippen molar-refractivity contribution in [3.8, 4) is 0 Å². The van der Waals surface area contributed by atoms with E-state index in [9.17, 15) is 5.11 Å². The van der Waals surface area contributed by atoms with Gasteiger partial charge in [-0.05, 0) is 67.1 Å². The lowest BCUT2D eigenvalue weighted by Gasteiger charge is -2.58. The second-order valence-electron chi connectivity index (χ2n) is 8.52. The van der Waals surface area contributed by atoms with Gasteiger partial charge >= 0.3 is 0 Å². The highest BCUT2D eigenvalue weighted by atomic mass is 16.3. The van der Waals surface area contributed by atoms with Gasteiger partial charge in [0.15, 0.2) is 0 Å². The van der Waals surface area contributed by atoms with Gasteiger partial charge in [-0.25, -0.2) is 0 Å². The Kier molecular flexibility index (Phi) is 4.69. The highest BCUT2D eigenvalue weighted by Gasteiger charge is 2.52. The molecule has 4 unspecified atom stereocenters. The standard InChI is InChI=1S/C19H34O/c1-14(13-20)7-9-16-15(2)8-10-17-18(3,4)11-6-12-19(16,17)5/h14,16-17,20H,2,6-13H2,1,3-5H3. The van der Waals surface area contributed by atoms with Gasteiger partial charge in [-0.2, -0.15) is 0 Å². The number of allylic oxidation sites excluding steroid dienone is 1. The van der Waals surface area contributed by atoms with E-state index in [2.05, 4.69) is 34.3 Å². The predicted molar refractivity (Wildman–Crippen MR) is 86.6 cm³/mol. The molecule has 0 aromatic carbocycles. The lowest BCUT2D eigenvalue weighted by atomic mass is 9.47. The average Bonchev–Trinajstić information content (AvgIpc) is 2.36. The van der Waals surface area contributed by atoms with Crippen LogP contribution in [0.25, 0.3) is 0 Å². The van der Waals surface area contributed by atoms with Crippen molar-refractivity contribution in [3.63, 3.8) is 0 Å². The quantitative estimate of drug-likeness (QED) is 0.701. The lowest BCUT2D eigenvalue weighted by Crippen LogP contribution is -2.49. The molecule has 0 aromatic rings. The molecule has 116 valence electrons. The van der Waals surface area contributed by atoms with E-state index in [-0.39, 0.29) is 0 Å². The van der Waals surface area contributed by atoms with E-state index in [0.29, 0.717) is 29.3 Å². The molecule has 1 nitrogen and oxygen atoms in total. The Morgan fingerprint density at radius 2 is 2.00 bits per heavy atom. The number of rotatable bonds is 4. The van der Waals surface area contributed by atoms with Crippen molar-refractivity contribution in [1.29, 1.82) is 0 Å². The molecule has 0 aromatic heterocycles. The van der Waals surface area contributed by atoms with E-state index in [0.717, 1.165) is 12.3 Å². The van der Waals surface area contributed by atoms with Crippen LogP contribution in [0.3, 0.4) is 0 Å². The molecule has 0 bridgehead atoms. The SMILES string of the molecule is C=C1CCC2C(C)(C)CCCC2(C)C1CCC(C)CO. The summed E-state index contributed by atoms with van der Waals surface area (Å²) >= 11 is 0. The topological polar surface area (TPSA) is 20.2 Å². The molecular formula is C19H34O. The van der Waals surface area contributed by atoms with Gasteiger partial charge in [0.05, 0.1) is 0 Å². The van der Waals surface area contributed by atoms with Crippen molar-refractivity contribution >= 4 is 0 Å². The third-order valence-electron chi connectivity index (χ3n) is 6.58. The maximum Gasteiger partial charge on any atom is 0.0456 e. The second-order valence-corrected chi connectivity index (χ2v) is 8.52. The van der Waals surface area contributed by atoms with Crippen LogP contribution in [0, 0.1) is 28.6 Å². The zero-order valence-electron chi connectivity index (χ0n) is 14.0. The minimum absolute atomic E-state index is 0.324. The molecule has 0 saturated heterocycles. The van der Waals surface area contributed by atoms with E-state index in [4.69, 9.17) is 0 Å². The summed E-state index contributed by atoms with van der Waals surface area (Å²) in [6.07, 6.45) is 9.07. The summed E-state index contributed by atoms with van der Waals surface area (Å²) in [6, 6.07) is 0. The van der Waals surface area contributed by atoms with Gasteiger partial charge in [0.1, 0.15) is 0 Å². The Balaban J connectivity index is 2.17. The lowest BCUT2D eigenvalue weighted by molar-refractivity contribution is -0.0555. The summed E-state index contributed by atoms with van der Waals surface area (Å²) in [5, 5.41) is 9.29. The molecule has 4 atom stereocenters. The van der Waals surface area contributed by atoms with Gasteiger partial charge in [0.25, 0.3) is 0 Å². The van der Waals surface area contributed by atoms with Crippen LogP contribution in [-0.2, 0) is 0 Å². The first-order chi connectivity index (χ1) is 9.31. The molecule has 2 aliphatic carbocycles. The summed E-state index contributed by atoms with van der Waals surface area (Å²) < 4.78 is 0. The molecule has 0 aliphatic heterocycles. The maximum absolute atomic E-state index is 9.29. The van der Waals surface area contributed by atoms with Crippen molar-refractivity contribution < 1.29 is 5.11 Å². The van der Waals surface area contributed by atoms with Crippen LogP contribution in [0.15, 0.2) is 12.2 Å². The van der Waals surface area contributed by atoms with Gasteiger partial charge in [-0.3, -0.25) is 0 Å². The first kappa shape index (κ1) is 16.1. The Morgan fingerprint density at radius 3 is 2.65 bits per heavy atom. The molecular weight excluding hydrogens is 244 g/mol. The first-order valence-corrected chi connectivity index (χ1v) is 8.60. The van der Waals surface area contributed by atoms with Crippen LogP contribution in [0.2, 0.25) is 0 Å². The summed E-state index contributed by atoms with van der Waals surface area (Å²) in [6.45, 7) is 14.4. The normalized spacial score (nSPS) is 38.4. The molecule has 2 fully saturated rings. The van der Waals surface area contributed by atoms with E-state index in [1.807, 2.05) is 0 Å². The molecule has 0 radical (unpaired) electrons. The molecule has 2 aliphatic rings. The summed E-state index contributed by atoms with van der Waals surface area (Å²) in [5.41, 5.74) is 2.44. The molecule has 20 heavy (non-hydrogen) atoms. The molecule has 1 N–H and O–H groups in total. The molecule has 2 saturated carbocycles. The average molecular weight is 278 g/mol. The van der Waals surface area contributed by atoms with Crippen LogP contribution in [-0.4, -0.2) is 11.7 Å². The van der Waals surface area contributed by atoms with Crippen molar-refractivity contribution in [3.05, 3.63) is 12.2 Å². The Labute approximate surface area is 125 Å². The van der Waals surface area contributed by atoms with Crippen molar-refractivity contribution in [1.82, 2.24) is 0 Å². The highest BCUT2D eigenvalue weighted by Crippen LogP contribution is 2.61. The van der Waals surface area contributed by atoms with Gasteiger partial charge < -0.3 is 5.11 Å². The van der Waals surface area contributed by atoms with Gasteiger partial charge in [-0.1, -0.05) is 46.3 Å². The third-order valence-corrected chi connectivity index (χ3v) is 6.58. The fourth-order valence-corrected chi connectivity index (χ4v) is 5.35. The van der Waals surface area contributed by atoms with Gasteiger partial charge in [-0.15, -0.1) is 0 Å². The smallest absolute Gasteiger partial charge is 0.0456 e. The Bertz CT molecular complexity index is 357. The van der Waals surface area contributed by atoms with E-state index < -0.39 is 0 Å². The van der Waals surface area contributed by atoms with E-state index in [1.165, 1.54) is 44.1 Å². The number of hydrogen-bond donors (Lipinski definition) is 1. The number of hydrogen-bond acceptors (Lipinski definition) is 1. The molecule has 0 spiro atoms. The largest absolute Gasteiger partial charge is 0.396 e. The van der Waals surface area contributed by atoms with Crippen LogP contribution in [0.4, 0.5) is 0 Å². The van der Waals surface area contributed by atoms with Crippen molar-refractivity contribution in [2.75, 3.05) is 6.61 Å². The fraction of sp³-hybridized carbons (Fsp3) is 0.895. The molecule has 1 heteroatoms. The second kappa shape index (κ2) is 5.83. The highest BCUT2D eigenvalue weighted by molar-refractivity contribution is 5.15. The summed E-state index contributed by atoms with van der Waals surface area (Å²) in [4.78, 5) is 0. The van der Waals surface area contributed by atoms with E-state index >= 15 is 0 Å². The number of aliphatic hydroxyl groups is 1. The number of fused-ring (bicyclic) bond motifs is 1. The molecule has 2 rings (SSSR count). The number of aliphatic hydroxyl groups excluding tert-OH is 1. The molecule has 0 heterocycles. The minimum Gasteiger partial charge on any atom is -0.396 e. The van der Waals surface area contributed by atoms with Crippen LogP contribution >= 0.6 is 0 Å². The minimum atomic E-state index is 0.324. The summed E-state index contributed by atoms with van der Waals surface area (Å²) in [7, 11) is 0.